The van der Waals surface area contributed by atoms with Crippen LogP contribution < -0.4 is 9.47 Å². The highest BCUT2D eigenvalue weighted by molar-refractivity contribution is 5.94. The third-order valence-corrected chi connectivity index (χ3v) is 6.35. The van der Waals surface area contributed by atoms with E-state index in [0.717, 1.165) is 49.2 Å². The van der Waals surface area contributed by atoms with Gasteiger partial charge in [0.15, 0.2) is 12.2 Å². The molecule has 212 valence electrons. The van der Waals surface area contributed by atoms with Crippen LogP contribution in [0.25, 0.3) is 0 Å². The highest BCUT2D eigenvalue weighted by Crippen LogP contribution is 2.22. The van der Waals surface area contributed by atoms with Crippen molar-refractivity contribution in [1.82, 2.24) is 0 Å². The van der Waals surface area contributed by atoms with Crippen LogP contribution >= 0.6 is 0 Å². The largest absolute Gasteiger partial charge is 0.494 e. The average Bonchev–Trinajstić information content (AvgIpc) is 2.98. The Balaban J connectivity index is 1.46. The first kappa shape index (κ1) is 30.2. The molecule has 8 heteroatoms. The molecule has 0 saturated carbocycles. The second-order valence-electron chi connectivity index (χ2n) is 9.30. The van der Waals surface area contributed by atoms with Crippen molar-refractivity contribution in [3.63, 3.8) is 0 Å². The van der Waals surface area contributed by atoms with Gasteiger partial charge in [-0.3, -0.25) is 9.59 Å². The van der Waals surface area contributed by atoms with Gasteiger partial charge in [-0.2, -0.15) is 0 Å². The summed E-state index contributed by atoms with van der Waals surface area (Å²) >= 11 is 0. The topological polar surface area (TPSA) is 89.5 Å². The summed E-state index contributed by atoms with van der Waals surface area (Å²) in [5, 5.41) is 0. The van der Waals surface area contributed by atoms with Crippen molar-refractivity contribution in [2.75, 3.05) is 34.0 Å². The molecular formula is C31H40O8. The van der Waals surface area contributed by atoms with Crippen molar-refractivity contribution >= 4 is 11.9 Å². The Morgan fingerprint density at radius 1 is 0.897 bits per heavy atom. The van der Waals surface area contributed by atoms with Crippen LogP contribution in [0.4, 0.5) is 0 Å². The monoisotopic (exact) mass is 540 g/mol. The number of carbonyl (C=O) groups is 2. The Hall–Kier alpha value is -3.36. The van der Waals surface area contributed by atoms with Crippen LogP contribution in [0.3, 0.4) is 0 Å². The van der Waals surface area contributed by atoms with Gasteiger partial charge in [-0.25, -0.2) is 0 Å². The van der Waals surface area contributed by atoms with Gasteiger partial charge >= 0.3 is 11.9 Å². The van der Waals surface area contributed by atoms with Gasteiger partial charge in [0.1, 0.15) is 11.5 Å². The molecule has 0 spiro atoms. The normalized spacial score (nSPS) is 16.1. The van der Waals surface area contributed by atoms with E-state index in [9.17, 15) is 9.59 Å². The average molecular weight is 541 g/mol. The number of allylic oxidation sites excluding steroid dienone is 1. The maximum Gasteiger partial charge on any atom is 0.320 e. The van der Waals surface area contributed by atoms with Crippen LogP contribution in [-0.2, 0) is 35.0 Å². The highest BCUT2D eigenvalue weighted by atomic mass is 16.7. The predicted octanol–water partition coefficient (Wildman–Crippen LogP) is 5.29. The number of carbonyl (C=O) groups excluding carboxylic acids is 2. The van der Waals surface area contributed by atoms with E-state index in [4.69, 9.17) is 28.4 Å². The number of para-hydroxylation sites is 1. The van der Waals surface area contributed by atoms with Crippen molar-refractivity contribution in [2.24, 2.45) is 5.92 Å². The van der Waals surface area contributed by atoms with E-state index in [-0.39, 0.29) is 12.7 Å². The summed E-state index contributed by atoms with van der Waals surface area (Å²) in [5.41, 5.74) is 1.10. The second kappa shape index (κ2) is 17.3. The van der Waals surface area contributed by atoms with E-state index in [2.05, 4.69) is 0 Å². The van der Waals surface area contributed by atoms with Crippen molar-refractivity contribution in [2.45, 2.75) is 57.3 Å². The molecule has 0 aromatic heterocycles. The fourth-order valence-corrected chi connectivity index (χ4v) is 4.18. The Morgan fingerprint density at radius 2 is 1.54 bits per heavy atom. The third-order valence-electron chi connectivity index (χ3n) is 6.35. The molecule has 1 saturated heterocycles. The zero-order valence-electron chi connectivity index (χ0n) is 22.9. The summed E-state index contributed by atoms with van der Waals surface area (Å²) in [4.78, 5) is 24.4. The first-order valence-electron chi connectivity index (χ1n) is 13.6. The number of unbranched alkanes of at least 4 members (excludes halogenated alkanes) is 1. The van der Waals surface area contributed by atoms with Gasteiger partial charge in [0.05, 0.1) is 33.5 Å². The van der Waals surface area contributed by atoms with Gasteiger partial charge in [-0.1, -0.05) is 42.5 Å². The molecule has 0 aliphatic carbocycles. The molecule has 1 aliphatic heterocycles. The lowest BCUT2D eigenvalue weighted by molar-refractivity contribution is -0.185. The molecule has 3 rings (SSSR count). The molecule has 0 N–H and O–H groups in total. The van der Waals surface area contributed by atoms with Gasteiger partial charge in [0.2, 0.25) is 0 Å². The van der Waals surface area contributed by atoms with E-state index in [1.807, 2.05) is 66.7 Å². The molecule has 1 aliphatic rings. The SMILES string of the molecule is COC(=O)C(C[C@H](/C=C\Cc1ccc(OCCCCOc2ccccc2)cc1)OC1CCCCO1)C(=O)OC. The first-order valence-corrected chi connectivity index (χ1v) is 13.6. The molecule has 2 aromatic rings. The summed E-state index contributed by atoms with van der Waals surface area (Å²) in [5.74, 6) is -0.656. The van der Waals surface area contributed by atoms with Crippen LogP contribution in [0, 0.1) is 5.92 Å². The summed E-state index contributed by atoms with van der Waals surface area (Å²) < 4.78 is 33.0. The lowest BCUT2D eigenvalue weighted by Crippen LogP contribution is -2.33. The van der Waals surface area contributed by atoms with Crippen LogP contribution in [0.15, 0.2) is 66.7 Å². The molecule has 1 fully saturated rings. The molecule has 0 amide bonds. The van der Waals surface area contributed by atoms with E-state index in [1.165, 1.54) is 14.2 Å². The second-order valence-corrected chi connectivity index (χ2v) is 9.30. The van der Waals surface area contributed by atoms with Crippen LogP contribution in [0.1, 0.15) is 44.1 Å². The van der Waals surface area contributed by atoms with Crippen molar-refractivity contribution in [1.29, 1.82) is 0 Å². The fraction of sp³-hybridized carbons (Fsp3) is 0.484. The minimum atomic E-state index is -1.07. The van der Waals surface area contributed by atoms with Crippen molar-refractivity contribution in [3.8, 4) is 11.5 Å². The number of hydrogen-bond acceptors (Lipinski definition) is 8. The minimum Gasteiger partial charge on any atom is -0.494 e. The zero-order valence-corrected chi connectivity index (χ0v) is 22.9. The standard InChI is InChI=1S/C31H40O8/c1-34-30(32)28(31(33)35-2)23-27(39-29-15-6-7-22-38-29)14-10-11-24-16-18-26(19-17-24)37-21-9-8-20-36-25-12-4-3-5-13-25/h3-5,10,12-14,16-19,27-29H,6-9,11,15,20-23H2,1-2H3/b14-10-/t27-,29?/m0/s1. The molecule has 39 heavy (non-hydrogen) atoms. The molecular weight excluding hydrogens is 500 g/mol. The molecule has 2 aromatic carbocycles. The minimum absolute atomic E-state index is 0.110. The number of benzene rings is 2. The number of methoxy groups -OCH3 is 2. The van der Waals surface area contributed by atoms with Crippen LogP contribution in [0.2, 0.25) is 0 Å². The highest BCUT2D eigenvalue weighted by Gasteiger charge is 2.32. The molecule has 2 atom stereocenters. The van der Waals surface area contributed by atoms with E-state index < -0.39 is 24.0 Å². The molecule has 0 bridgehead atoms. The summed E-state index contributed by atoms with van der Waals surface area (Å²) in [6, 6.07) is 17.7. The Morgan fingerprint density at radius 3 is 2.13 bits per heavy atom. The first-order chi connectivity index (χ1) is 19.1. The Kier molecular flexibility index (Phi) is 13.4. The molecule has 8 nitrogen and oxygen atoms in total. The van der Waals surface area contributed by atoms with E-state index in [1.54, 1.807) is 0 Å². The van der Waals surface area contributed by atoms with Gasteiger partial charge in [0, 0.05) is 13.0 Å². The number of hydrogen-bond donors (Lipinski definition) is 0. The van der Waals surface area contributed by atoms with Crippen LogP contribution in [0.5, 0.6) is 11.5 Å². The number of esters is 2. The van der Waals surface area contributed by atoms with E-state index >= 15 is 0 Å². The Bertz CT molecular complexity index is 983. The molecule has 1 heterocycles. The van der Waals surface area contributed by atoms with Crippen molar-refractivity contribution < 1.29 is 38.0 Å². The fourth-order valence-electron chi connectivity index (χ4n) is 4.18. The smallest absolute Gasteiger partial charge is 0.320 e. The molecule has 0 radical (unpaired) electrons. The zero-order chi connectivity index (χ0) is 27.7. The molecule has 1 unspecified atom stereocenters. The Labute approximate surface area is 231 Å². The summed E-state index contributed by atoms with van der Waals surface area (Å²) in [6.45, 7) is 1.92. The maximum absolute atomic E-state index is 12.2. The third kappa shape index (κ3) is 11.1. The van der Waals surface area contributed by atoms with Gasteiger partial charge < -0.3 is 28.4 Å². The van der Waals surface area contributed by atoms with Crippen LogP contribution in [-0.4, -0.2) is 58.4 Å². The van der Waals surface area contributed by atoms with E-state index in [0.29, 0.717) is 26.2 Å². The lowest BCUT2D eigenvalue weighted by atomic mass is 10.0. The summed E-state index contributed by atoms with van der Waals surface area (Å²) in [6.07, 6.45) is 8.33. The van der Waals surface area contributed by atoms with Gasteiger partial charge in [-0.05, 0) is 68.4 Å². The van der Waals surface area contributed by atoms with Gasteiger partial charge in [-0.15, -0.1) is 0 Å². The predicted molar refractivity (Wildman–Crippen MR) is 147 cm³/mol. The lowest BCUT2D eigenvalue weighted by Gasteiger charge is -2.27. The van der Waals surface area contributed by atoms with Gasteiger partial charge in [0.25, 0.3) is 0 Å². The maximum atomic E-state index is 12.2. The number of rotatable bonds is 16. The quantitative estimate of drug-likeness (QED) is 0.123. The summed E-state index contributed by atoms with van der Waals surface area (Å²) in [7, 11) is 2.50. The van der Waals surface area contributed by atoms with Crippen molar-refractivity contribution in [3.05, 3.63) is 72.3 Å². The number of ether oxygens (including phenoxy) is 6.